The summed E-state index contributed by atoms with van der Waals surface area (Å²) in [6.45, 7) is 2.03. The lowest BCUT2D eigenvalue weighted by atomic mass is 10.1. The molecule has 1 amide bonds. The number of halogens is 1. The molecule has 0 aliphatic carbocycles. The molecule has 0 aliphatic heterocycles. The molecule has 0 atom stereocenters. The molecule has 0 aliphatic rings. The number of benzene rings is 3. The Bertz CT molecular complexity index is 1110. The zero-order valence-corrected chi connectivity index (χ0v) is 16.9. The van der Waals surface area contributed by atoms with Crippen LogP contribution in [0.5, 0.6) is 0 Å². The van der Waals surface area contributed by atoms with E-state index in [2.05, 4.69) is 4.72 Å². The average molecular weight is 412 g/mol. The molecule has 0 saturated heterocycles. The predicted molar refractivity (Wildman–Crippen MR) is 111 cm³/mol. The SMILES string of the molecule is Cc1ccc(NS(=O)(=O)c2ccc(C(=O)N(C)Cc3ccccc3F)cc2)cc1. The fraction of sp³-hybridized carbons (Fsp3) is 0.136. The van der Waals surface area contributed by atoms with Crippen LogP contribution in [0.1, 0.15) is 21.5 Å². The maximum atomic E-state index is 13.8. The Morgan fingerprint density at radius 3 is 2.21 bits per heavy atom. The standard InChI is InChI=1S/C22H21FN2O3S/c1-16-7-11-19(12-8-16)24-29(27,28)20-13-9-17(10-14-20)22(26)25(2)15-18-5-3-4-6-21(18)23/h3-14,24H,15H2,1-2H3. The summed E-state index contributed by atoms with van der Waals surface area (Å²) in [7, 11) is -2.20. The Balaban J connectivity index is 1.72. The van der Waals surface area contributed by atoms with Crippen molar-refractivity contribution in [2.75, 3.05) is 11.8 Å². The minimum atomic E-state index is -3.77. The van der Waals surface area contributed by atoms with E-state index in [1.807, 2.05) is 19.1 Å². The van der Waals surface area contributed by atoms with Crippen LogP contribution in [-0.2, 0) is 16.6 Å². The van der Waals surface area contributed by atoms with Gasteiger partial charge >= 0.3 is 0 Å². The van der Waals surface area contributed by atoms with Crippen LogP contribution in [0.25, 0.3) is 0 Å². The van der Waals surface area contributed by atoms with Crippen molar-refractivity contribution in [1.82, 2.24) is 4.90 Å². The lowest BCUT2D eigenvalue weighted by molar-refractivity contribution is 0.0783. The number of amides is 1. The molecule has 0 saturated carbocycles. The largest absolute Gasteiger partial charge is 0.337 e. The first-order valence-corrected chi connectivity index (χ1v) is 10.4. The number of rotatable bonds is 6. The fourth-order valence-corrected chi connectivity index (χ4v) is 3.85. The molecule has 3 aromatic rings. The minimum Gasteiger partial charge on any atom is -0.337 e. The second-order valence-corrected chi connectivity index (χ2v) is 8.43. The fourth-order valence-electron chi connectivity index (χ4n) is 2.79. The molecule has 0 bridgehead atoms. The molecule has 0 radical (unpaired) electrons. The van der Waals surface area contributed by atoms with Crippen LogP contribution in [0, 0.1) is 12.7 Å². The van der Waals surface area contributed by atoms with Gasteiger partial charge in [-0.1, -0.05) is 35.9 Å². The highest BCUT2D eigenvalue weighted by molar-refractivity contribution is 7.92. The van der Waals surface area contributed by atoms with E-state index in [1.54, 1.807) is 37.4 Å². The quantitative estimate of drug-likeness (QED) is 0.660. The Labute approximate surface area is 169 Å². The van der Waals surface area contributed by atoms with Gasteiger partial charge in [0.15, 0.2) is 0 Å². The van der Waals surface area contributed by atoms with Gasteiger partial charge < -0.3 is 4.90 Å². The number of sulfonamides is 1. The van der Waals surface area contributed by atoms with Crippen LogP contribution < -0.4 is 4.72 Å². The zero-order chi connectivity index (χ0) is 21.0. The second-order valence-electron chi connectivity index (χ2n) is 6.75. The summed E-state index contributed by atoms with van der Waals surface area (Å²) in [4.78, 5) is 14.0. The summed E-state index contributed by atoms with van der Waals surface area (Å²) in [6, 6.07) is 18.9. The third kappa shape index (κ3) is 5.00. The van der Waals surface area contributed by atoms with Crippen molar-refractivity contribution in [2.24, 2.45) is 0 Å². The van der Waals surface area contributed by atoms with Gasteiger partial charge in [-0.2, -0.15) is 0 Å². The van der Waals surface area contributed by atoms with E-state index in [4.69, 9.17) is 0 Å². The third-order valence-corrected chi connectivity index (χ3v) is 5.82. The van der Waals surface area contributed by atoms with Gasteiger partial charge in [-0.15, -0.1) is 0 Å². The van der Waals surface area contributed by atoms with E-state index in [0.717, 1.165) is 5.56 Å². The normalized spacial score (nSPS) is 11.1. The highest BCUT2D eigenvalue weighted by atomic mass is 32.2. The summed E-state index contributed by atoms with van der Waals surface area (Å²) in [5.74, 6) is -0.709. The Hall–Kier alpha value is -3.19. The highest BCUT2D eigenvalue weighted by Crippen LogP contribution is 2.18. The number of nitrogens with zero attached hydrogens (tertiary/aromatic N) is 1. The second kappa shape index (κ2) is 8.45. The topological polar surface area (TPSA) is 66.5 Å². The van der Waals surface area contributed by atoms with Gasteiger partial charge in [-0.05, 0) is 49.4 Å². The summed E-state index contributed by atoms with van der Waals surface area (Å²) in [5.41, 5.74) is 2.21. The lowest BCUT2D eigenvalue weighted by Gasteiger charge is -2.18. The van der Waals surface area contributed by atoms with Crippen molar-refractivity contribution in [2.45, 2.75) is 18.4 Å². The summed E-state index contributed by atoms with van der Waals surface area (Å²) in [6.07, 6.45) is 0. The maximum Gasteiger partial charge on any atom is 0.261 e. The molecular formula is C22H21FN2O3S. The Morgan fingerprint density at radius 2 is 1.59 bits per heavy atom. The van der Waals surface area contributed by atoms with Crippen LogP contribution in [0.15, 0.2) is 77.7 Å². The molecular weight excluding hydrogens is 391 g/mol. The Morgan fingerprint density at radius 1 is 0.966 bits per heavy atom. The van der Waals surface area contributed by atoms with Crippen LogP contribution in [0.2, 0.25) is 0 Å². The van der Waals surface area contributed by atoms with E-state index in [0.29, 0.717) is 16.8 Å². The number of carbonyl (C=O) groups excluding carboxylic acids is 1. The van der Waals surface area contributed by atoms with Gasteiger partial charge in [0.05, 0.1) is 4.90 Å². The maximum absolute atomic E-state index is 13.8. The van der Waals surface area contributed by atoms with Gasteiger partial charge in [0, 0.05) is 30.4 Å². The third-order valence-electron chi connectivity index (χ3n) is 4.43. The molecule has 5 nitrogen and oxygen atoms in total. The molecule has 3 rings (SSSR count). The number of aryl methyl sites for hydroxylation is 1. The van der Waals surface area contributed by atoms with Crippen molar-refractivity contribution in [3.8, 4) is 0 Å². The molecule has 0 unspecified atom stereocenters. The number of hydrogen-bond acceptors (Lipinski definition) is 3. The van der Waals surface area contributed by atoms with Crippen LogP contribution in [0.4, 0.5) is 10.1 Å². The van der Waals surface area contributed by atoms with Crippen molar-refractivity contribution in [3.63, 3.8) is 0 Å². The number of anilines is 1. The highest BCUT2D eigenvalue weighted by Gasteiger charge is 2.17. The molecule has 7 heteroatoms. The number of carbonyl (C=O) groups is 1. The van der Waals surface area contributed by atoms with E-state index in [1.165, 1.54) is 35.2 Å². The van der Waals surface area contributed by atoms with Crippen molar-refractivity contribution in [1.29, 1.82) is 0 Å². The van der Waals surface area contributed by atoms with E-state index in [9.17, 15) is 17.6 Å². The van der Waals surface area contributed by atoms with Crippen molar-refractivity contribution >= 4 is 21.6 Å². The van der Waals surface area contributed by atoms with E-state index in [-0.39, 0.29) is 23.2 Å². The van der Waals surface area contributed by atoms with Gasteiger partial charge in [0.25, 0.3) is 15.9 Å². The van der Waals surface area contributed by atoms with Crippen LogP contribution in [0.3, 0.4) is 0 Å². The monoisotopic (exact) mass is 412 g/mol. The molecule has 1 N–H and O–H groups in total. The van der Waals surface area contributed by atoms with E-state index < -0.39 is 10.0 Å². The van der Waals surface area contributed by atoms with Crippen LogP contribution in [-0.4, -0.2) is 26.3 Å². The first-order chi connectivity index (χ1) is 13.8. The molecule has 29 heavy (non-hydrogen) atoms. The molecule has 150 valence electrons. The molecule has 0 spiro atoms. The molecule has 0 fully saturated rings. The molecule has 3 aromatic carbocycles. The lowest BCUT2D eigenvalue weighted by Crippen LogP contribution is -2.26. The van der Waals surface area contributed by atoms with Gasteiger partial charge in [0.2, 0.25) is 0 Å². The minimum absolute atomic E-state index is 0.0476. The predicted octanol–water partition coefficient (Wildman–Crippen LogP) is 4.21. The Kier molecular flexibility index (Phi) is 5.98. The molecule has 0 aromatic heterocycles. The summed E-state index contributed by atoms with van der Waals surface area (Å²) in [5, 5.41) is 0. The van der Waals surface area contributed by atoms with Crippen LogP contribution >= 0.6 is 0 Å². The number of nitrogens with one attached hydrogen (secondary N) is 1. The molecule has 0 heterocycles. The smallest absolute Gasteiger partial charge is 0.261 e. The summed E-state index contributed by atoms with van der Waals surface area (Å²) < 4.78 is 41.4. The van der Waals surface area contributed by atoms with E-state index >= 15 is 0 Å². The van der Waals surface area contributed by atoms with Crippen molar-refractivity contribution in [3.05, 3.63) is 95.3 Å². The van der Waals surface area contributed by atoms with Gasteiger partial charge in [-0.3, -0.25) is 9.52 Å². The average Bonchev–Trinajstić information content (AvgIpc) is 2.71. The first-order valence-electron chi connectivity index (χ1n) is 8.95. The van der Waals surface area contributed by atoms with Gasteiger partial charge in [-0.25, -0.2) is 12.8 Å². The number of hydrogen-bond donors (Lipinski definition) is 1. The summed E-state index contributed by atoms with van der Waals surface area (Å²) >= 11 is 0. The first kappa shape index (κ1) is 20.5. The van der Waals surface area contributed by atoms with Gasteiger partial charge in [0.1, 0.15) is 5.82 Å². The zero-order valence-electron chi connectivity index (χ0n) is 16.1. The van der Waals surface area contributed by atoms with Crippen molar-refractivity contribution < 1.29 is 17.6 Å².